The number of halogens is 2. The molecule has 19 heavy (non-hydrogen) atoms. The number of anilines is 1. The van der Waals surface area contributed by atoms with Crippen LogP contribution in [0.4, 0.5) is 10.1 Å². The number of hydrogen-bond acceptors (Lipinski definition) is 3. The highest BCUT2D eigenvalue weighted by molar-refractivity contribution is 7.92. The standard InChI is InChI=1S/C12H18ClFN2O2S/c1-2-15-7-3-4-8-19(17,18)16-10-5-6-12(14)11(13)9-10/h5-6,9,15-16H,2-4,7-8H2,1H3. The maximum absolute atomic E-state index is 12.9. The van der Waals surface area contributed by atoms with E-state index in [-0.39, 0.29) is 16.5 Å². The summed E-state index contributed by atoms with van der Waals surface area (Å²) in [7, 11) is -3.41. The lowest BCUT2D eigenvalue weighted by Gasteiger charge is -2.08. The van der Waals surface area contributed by atoms with Crippen molar-refractivity contribution in [1.82, 2.24) is 5.32 Å². The molecule has 1 aromatic carbocycles. The van der Waals surface area contributed by atoms with E-state index in [9.17, 15) is 12.8 Å². The normalized spacial score (nSPS) is 11.5. The van der Waals surface area contributed by atoms with Gasteiger partial charge >= 0.3 is 0 Å². The van der Waals surface area contributed by atoms with Crippen LogP contribution in [0.25, 0.3) is 0 Å². The fraction of sp³-hybridized carbons (Fsp3) is 0.500. The molecule has 2 N–H and O–H groups in total. The lowest BCUT2D eigenvalue weighted by Crippen LogP contribution is -2.19. The Hall–Kier alpha value is -0.850. The second-order valence-electron chi connectivity index (χ2n) is 4.11. The van der Waals surface area contributed by atoms with E-state index < -0.39 is 15.8 Å². The minimum absolute atomic E-state index is 0.0351. The molecule has 0 radical (unpaired) electrons. The van der Waals surface area contributed by atoms with Crippen LogP contribution >= 0.6 is 11.6 Å². The van der Waals surface area contributed by atoms with Crippen molar-refractivity contribution in [3.63, 3.8) is 0 Å². The third kappa shape index (κ3) is 6.22. The topological polar surface area (TPSA) is 58.2 Å². The van der Waals surface area contributed by atoms with Gasteiger partial charge in [-0.05, 0) is 44.1 Å². The molecule has 0 aliphatic rings. The number of hydrogen-bond donors (Lipinski definition) is 2. The Balaban J connectivity index is 2.47. The zero-order chi connectivity index (χ0) is 14.3. The molecule has 0 spiro atoms. The van der Waals surface area contributed by atoms with Crippen molar-refractivity contribution in [3.05, 3.63) is 29.0 Å². The predicted molar refractivity (Wildman–Crippen MR) is 76.6 cm³/mol. The Bertz CT molecular complexity index is 508. The van der Waals surface area contributed by atoms with Crippen LogP contribution in [0, 0.1) is 5.82 Å². The molecule has 0 unspecified atom stereocenters. The molecule has 0 bridgehead atoms. The van der Waals surface area contributed by atoms with Gasteiger partial charge in [0.25, 0.3) is 0 Å². The fourth-order valence-electron chi connectivity index (χ4n) is 1.51. The van der Waals surface area contributed by atoms with E-state index in [0.29, 0.717) is 6.42 Å². The van der Waals surface area contributed by atoms with Crippen LogP contribution < -0.4 is 10.0 Å². The summed E-state index contributed by atoms with van der Waals surface area (Å²) in [5.41, 5.74) is 0.276. The van der Waals surface area contributed by atoms with E-state index >= 15 is 0 Å². The summed E-state index contributed by atoms with van der Waals surface area (Å²) in [5, 5.41) is 3.02. The van der Waals surface area contributed by atoms with E-state index in [1.165, 1.54) is 12.1 Å². The third-order valence-electron chi connectivity index (χ3n) is 2.46. The van der Waals surface area contributed by atoms with Crippen LogP contribution in [0.2, 0.25) is 5.02 Å². The van der Waals surface area contributed by atoms with Crippen molar-refractivity contribution in [2.24, 2.45) is 0 Å². The van der Waals surface area contributed by atoms with Gasteiger partial charge in [-0.3, -0.25) is 4.72 Å². The largest absolute Gasteiger partial charge is 0.317 e. The molecule has 0 saturated heterocycles. The molecule has 0 fully saturated rings. The third-order valence-corrected chi connectivity index (χ3v) is 4.12. The first-order valence-electron chi connectivity index (χ1n) is 6.11. The maximum atomic E-state index is 12.9. The van der Waals surface area contributed by atoms with E-state index in [0.717, 1.165) is 25.6 Å². The van der Waals surface area contributed by atoms with Gasteiger partial charge in [-0.25, -0.2) is 12.8 Å². The molecule has 7 heteroatoms. The van der Waals surface area contributed by atoms with Crippen LogP contribution in [-0.2, 0) is 10.0 Å². The molecule has 0 aliphatic carbocycles. The van der Waals surface area contributed by atoms with Crippen molar-refractivity contribution in [2.45, 2.75) is 19.8 Å². The molecule has 0 heterocycles. The molecule has 1 aromatic rings. The SMILES string of the molecule is CCNCCCCS(=O)(=O)Nc1ccc(F)c(Cl)c1. The van der Waals surface area contributed by atoms with Crippen molar-refractivity contribution in [1.29, 1.82) is 0 Å². The molecule has 0 amide bonds. The van der Waals surface area contributed by atoms with Crippen LogP contribution in [-0.4, -0.2) is 27.3 Å². The molecule has 0 saturated carbocycles. The fourth-order valence-corrected chi connectivity index (χ4v) is 2.86. The lowest BCUT2D eigenvalue weighted by molar-refractivity contribution is 0.593. The highest BCUT2D eigenvalue weighted by Crippen LogP contribution is 2.20. The first kappa shape index (κ1) is 16.2. The second kappa shape index (κ2) is 7.67. The highest BCUT2D eigenvalue weighted by atomic mass is 35.5. The van der Waals surface area contributed by atoms with Crippen LogP contribution in [0.5, 0.6) is 0 Å². The van der Waals surface area contributed by atoms with Crippen molar-refractivity contribution in [3.8, 4) is 0 Å². The van der Waals surface area contributed by atoms with Gasteiger partial charge in [0.15, 0.2) is 0 Å². The number of unbranched alkanes of at least 4 members (excludes halogenated alkanes) is 1. The molecule has 108 valence electrons. The maximum Gasteiger partial charge on any atom is 0.232 e. The van der Waals surface area contributed by atoms with Crippen molar-refractivity contribution < 1.29 is 12.8 Å². The summed E-state index contributed by atoms with van der Waals surface area (Å²) >= 11 is 5.59. The van der Waals surface area contributed by atoms with Crippen LogP contribution in [0.15, 0.2) is 18.2 Å². The molecule has 1 rings (SSSR count). The average Bonchev–Trinajstić information content (AvgIpc) is 2.33. The number of benzene rings is 1. The average molecular weight is 309 g/mol. The summed E-state index contributed by atoms with van der Waals surface area (Å²) < 4.78 is 38.8. The van der Waals surface area contributed by atoms with Gasteiger partial charge in [0.2, 0.25) is 10.0 Å². The summed E-state index contributed by atoms with van der Waals surface area (Å²) in [6, 6.07) is 3.73. The minimum Gasteiger partial charge on any atom is -0.317 e. The Morgan fingerprint density at radius 2 is 2.05 bits per heavy atom. The summed E-state index contributed by atoms with van der Waals surface area (Å²) in [6.45, 7) is 3.67. The van der Waals surface area contributed by atoms with Gasteiger partial charge in [0.1, 0.15) is 5.82 Å². The van der Waals surface area contributed by atoms with E-state index in [1.54, 1.807) is 0 Å². The van der Waals surface area contributed by atoms with E-state index in [2.05, 4.69) is 10.0 Å². The lowest BCUT2D eigenvalue weighted by atomic mass is 10.3. The Morgan fingerprint density at radius 3 is 2.68 bits per heavy atom. The smallest absolute Gasteiger partial charge is 0.232 e. The quantitative estimate of drug-likeness (QED) is 0.726. The zero-order valence-electron chi connectivity index (χ0n) is 10.7. The van der Waals surface area contributed by atoms with Gasteiger partial charge in [0.05, 0.1) is 16.5 Å². The summed E-state index contributed by atoms with van der Waals surface area (Å²) in [5.74, 6) is -0.539. The van der Waals surface area contributed by atoms with Gasteiger partial charge < -0.3 is 5.32 Å². The van der Waals surface area contributed by atoms with Gasteiger partial charge in [-0.2, -0.15) is 0 Å². The van der Waals surface area contributed by atoms with E-state index in [1.807, 2.05) is 6.92 Å². The van der Waals surface area contributed by atoms with Crippen molar-refractivity contribution in [2.75, 3.05) is 23.6 Å². The van der Waals surface area contributed by atoms with Crippen molar-refractivity contribution >= 4 is 27.3 Å². The molecule has 0 atom stereocenters. The first-order valence-corrected chi connectivity index (χ1v) is 8.14. The number of rotatable bonds is 8. The molecular weight excluding hydrogens is 291 g/mol. The number of nitrogens with one attached hydrogen (secondary N) is 2. The monoisotopic (exact) mass is 308 g/mol. The summed E-state index contributed by atoms with van der Waals surface area (Å²) in [6.07, 6.45) is 1.36. The minimum atomic E-state index is -3.41. The Morgan fingerprint density at radius 1 is 1.32 bits per heavy atom. The molecule has 0 aromatic heterocycles. The Kier molecular flexibility index (Phi) is 6.54. The number of sulfonamides is 1. The molecule has 4 nitrogen and oxygen atoms in total. The predicted octanol–water partition coefficient (Wildman–Crippen LogP) is 2.61. The second-order valence-corrected chi connectivity index (χ2v) is 6.36. The zero-order valence-corrected chi connectivity index (χ0v) is 12.3. The van der Waals surface area contributed by atoms with Gasteiger partial charge in [-0.15, -0.1) is 0 Å². The van der Waals surface area contributed by atoms with Gasteiger partial charge in [0, 0.05) is 0 Å². The first-order chi connectivity index (χ1) is 8.94. The van der Waals surface area contributed by atoms with Crippen LogP contribution in [0.3, 0.4) is 0 Å². The van der Waals surface area contributed by atoms with E-state index in [4.69, 9.17) is 11.6 Å². The summed E-state index contributed by atoms with van der Waals surface area (Å²) in [4.78, 5) is 0. The molecular formula is C12H18ClFN2O2S. The Labute approximate surface area is 118 Å². The van der Waals surface area contributed by atoms with Crippen LogP contribution in [0.1, 0.15) is 19.8 Å². The molecule has 0 aliphatic heterocycles. The highest BCUT2D eigenvalue weighted by Gasteiger charge is 2.11. The van der Waals surface area contributed by atoms with Gasteiger partial charge in [-0.1, -0.05) is 18.5 Å².